The minimum absolute atomic E-state index is 0.000339. The quantitative estimate of drug-likeness (QED) is 0.312. The predicted molar refractivity (Wildman–Crippen MR) is 128 cm³/mol. The minimum Gasteiger partial charge on any atom is -0.507 e. The molecule has 0 bridgehead atoms. The highest BCUT2D eigenvalue weighted by Crippen LogP contribution is 2.44. The number of aliphatic hydroxyl groups excluding tert-OH is 1. The average Bonchev–Trinajstić information content (AvgIpc) is 3.14. The van der Waals surface area contributed by atoms with Crippen LogP contribution in [0.1, 0.15) is 24.1 Å². The molecule has 1 N–H and O–H groups in total. The normalized spacial score (nSPS) is 17.0. The van der Waals surface area contributed by atoms with Gasteiger partial charge in [0.2, 0.25) is 0 Å². The fourth-order valence-corrected chi connectivity index (χ4v) is 4.04. The number of ketones is 1. The largest absolute Gasteiger partial charge is 0.507 e. The van der Waals surface area contributed by atoms with Crippen LogP contribution in [0, 0.1) is 0 Å². The van der Waals surface area contributed by atoms with Gasteiger partial charge in [-0.05, 0) is 48.9 Å². The van der Waals surface area contributed by atoms with Crippen LogP contribution in [-0.4, -0.2) is 37.6 Å². The maximum atomic E-state index is 13.3. The fourth-order valence-electron chi connectivity index (χ4n) is 4.04. The van der Waals surface area contributed by atoms with Gasteiger partial charge in [-0.2, -0.15) is 0 Å². The highest BCUT2D eigenvalue weighted by atomic mass is 16.5. The molecule has 0 spiro atoms. The molecule has 0 saturated carbocycles. The van der Waals surface area contributed by atoms with E-state index in [-0.39, 0.29) is 11.3 Å². The lowest BCUT2D eigenvalue weighted by Crippen LogP contribution is -2.29. The number of hydrogen-bond acceptors (Lipinski definition) is 6. The first-order valence-corrected chi connectivity index (χ1v) is 10.8. The van der Waals surface area contributed by atoms with Crippen LogP contribution in [0.15, 0.2) is 78.4 Å². The summed E-state index contributed by atoms with van der Waals surface area (Å²) in [6.07, 6.45) is 0. The second-order valence-electron chi connectivity index (χ2n) is 7.58. The van der Waals surface area contributed by atoms with Crippen LogP contribution in [0.2, 0.25) is 0 Å². The molecule has 1 atom stereocenters. The number of nitrogens with zero attached hydrogens (tertiary/aromatic N) is 1. The number of Topliss-reactive ketones (excluding diaryl/α,β-unsaturated/α-hetero) is 1. The van der Waals surface area contributed by atoms with Gasteiger partial charge in [0.25, 0.3) is 11.7 Å². The summed E-state index contributed by atoms with van der Waals surface area (Å²) in [6.45, 7) is 2.26. The molecule has 1 fully saturated rings. The van der Waals surface area contributed by atoms with E-state index in [2.05, 4.69) is 0 Å². The third-order valence-electron chi connectivity index (χ3n) is 5.65. The van der Waals surface area contributed by atoms with Crippen molar-refractivity contribution in [2.45, 2.75) is 13.0 Å². The van der Waals surface area contributed by atoms with Crippen molar-refractivity contribution >= 4 is 23.1 Å². The highest BCUT2D eigenvalue weighted by Gasteiger charge is 2.47. The Labute approximate surface area is 197 Å². The number of anilines is 1. The second-order valence-corrected chi connectivity index (χ2v) is 7.58. The summed E-state index contributed by atoms with van der Waals surface area (Å²) in [5.74, 6) is -0.132. The van der Waals surface area contributed by atoms with Crippen LogP contribution in [0.25, 0.3) is 5.76 Å². The standard InChI is InChI=1S/C27H25NO6/c1-4-34-22-16-18(10-15-21(22)33-3)24-23(25(29)17-8-6-5-7-9-17)26(30)27(31)28(24)19-11-13-20(32-2)14-12-19/h5-16,24,29H,4H2,1-3H3/b25-23-. The highest BCUT2D eigenvalue weighted by molar-refractivity contribution is 6.51. The maximum absolute atomic E-state index is 13.3. The zero-order chi connectivity index (χ0) is 24.2. The van der Waals surface area contributed by atoms with Crippen LogP contribution in [0.3, 0.4) is 0 Å². The maximum Gasteiger partial charge on any atom is 0.300 e. The van der Waals surface area contributed by atoms with Gasteiger partial charge in [0.15, 0.2) is 11.5 Å². The number of amides is 1. The van der Waals surface area contributed by atoms with Gasteiger partial charge < -0.3 is 19.3 Å². The molecule has 7 nitrogen and oxygen atoms in total. The Balaban J connectivity index is 1.94. The Morgan fingerprint density at radius 1 is 0.912 bits per heavy atom. The molecule has 1 unspecified atom stereocenters. The van der Waals surface area contributed by atoms with Crippen molar-refractivity contribution < 1.29 is 28.9 Å². The molecular weight excluding hydrogens is 434 g/mol. The molecule has 3 aromatic rings. The molecule has 174 valence electrons. The molecule has 1 heterocycles. The lowest BCUT2D eigenvalue weighted by molar-refractivity contribution is -0.132. The molecule has 0 aliphatic carbocycles. The van der Waals surface area contributed by atoms with Crippen molar-refractivity contribution in [2.24, 2.45) is 0 Å². The van der Waals surface area contributed by atoms with Gasteiger partial charge in [0.05, 0.1) is 32.4 Å². The molecular formula is C27H25NO6. The first kappa shape index (κ1) is 22.9. The lowest BCUT2D eigenvalue weighted by Gasteiger charge is -2.26. The van der Waals surface area contributed by atoms with E-state index in [0.29, 0.717) is 40.7 Å². The van der Waals surface area contributed by atoms with E-state index >= 15 is 0 Å². The lowest BCUT2D eigenvalue weighted by atomic mass is 9.94. The molecule has 0 radical (unpaired) electrons. The fraction of sp³-hybridized carbons (Fsp3) is 0.185. The van der Waals surface area contributed by atoms with Crippen molar-refractivity contribution in [1.82, 2.24) is 0 Å². The number of rotatable bonds is 7. The number of methoxy groups -OCH3 is 2. The third-order valence-corrected chi connectivity index (χ3v) is 5.65. The van der Waals surface area contributed by atoms with Crippen molar-refractivity contribution in [3.8, 4) is 17.2 Å². The molecule has 3 aromatic carbocycles. The van der Waals surface area contributed by atoms with E-state index in [9.17, 15) is 14.7 Å². The van der Waals surface area contributed by atoms with E-state index in [0.717, 1.165) is 0 Å². The zero-order valence-corrected chi connectivity index (χ0v) is 19.1. The number of benzene rings is 3. The summed E-state index contributed by atoms with van der Waals surface area (Å²) in [6, 6.07) is 19.8. The summed E-state index contributed by atoms with van der Waals surface area (Å²) < 4.78 is 16.3. The molecule has 0 aromatic heterocycles. The Morgan fingerprint density at radius 3 is 2.24 bits per heavy atom. The van der Waals surface area contributed by atoms with Crippen LogP contribution in [-0.2, 0) is 9.59 Å². The molecule has 1 amide bonds. The van der Waals surface area contributed by atoms with Crippen molar-refractivity contribution in [2.75, 3.05) is 25.7 Å². The number of hydrogen-bond donors (Lipinski definition) is 1. The molecule has 34 heavy (non-hydrogen) atoms. The third kappa shape index (κ3) is 4.08. The van der Waals surface area contributed by atoms with Crippen LogP contribution >= 0.6 is 0 Å². The molecule has 1 aliphatic heterocycles. The Hall–Kier alpha value is -4.26. The van der Waals surface area contributed by atoms with Gasteiger partial charge in [-0.15, -0.1) is 0 Å². The van der Waals surface area contributed by atoms with Crippen molar-refractivity contribution in [1.29, 1.82) is 0 Å². The summed E-state index contributed by atoms with van der Waals surface area (Å²) in [5.41, 5.74) is 1.53. The van der Waals surface area contributed by atoms with Crippen LogP contribution < -0.4 is 19.1 Å². The SMILES string of the molecule is CCOc1cc(C2/C(=C(/O)c3ccccc3)C(=O)C(=O)N2c2ccc(OC)cc2)ccc1OC. The predicted octanol–water partition coefficient (Wildman–Crippen LogP) is 4.73. The van der Waals surface area contributed by atoms with E-state index in [1.54, 1.807) is 73.8 Å². The average molecular weight is 459 g/mol. The summed E-state index contributed by atoms with van der Waals surface area (Å²) in [7, 11) is 3.09. The van der Waals surface area contributed by atoms with E-state index in [4.69, 9.17) is 14.2 Å². The Morgan fingerprint density at radius 2 is 1.62 bits per heavy atom. The first-order chi connectivity index (χ1) is 16.5. The second kappa shape index (κ2) is 9.70. The molecule has 4 rings (SSSR count). The summed E-state index contributed by atoms with van der Waals surface area (Å²) in [5, 5.41) is 11.2. The van der Waals surface area contributed by atoms with E-state index < -0.39 is 17.7 Å². The van der Waals surface area contributed by atoms with Gasteiger partial charge in [-0.25, -0.2) is 0 Å². The van der Waals surface area contributed by atoms with Crippen LogP contribution in [0.4, 0.5) is 5.69 Å². The van der Waals surface area contributed by atoms with Gasteiger partial charge in [0.1, 0.15) is 11.5 Å². The summed E-state index contributed by atoms with van der Waals surface area (Å²) >= 11 is 0. The minimum atomic E-state index is -0.876. The molecule has 7 heteroatoms. The Kier molecular flexibility index (Phi) is 6.54. The van der Waals surface area contributed by atoms with Gasteiger partial charge in [-0.1, -0.05) is 36.4 Å². The number of carbonyl (C=O) groups excluding carboxylic acids is 2. The van der Waals surface area contributed by atoms with Crippen molar-refractivity contribution in [3.63, 3.8) is 0 Å². The summed E-state index contributed by atoms with van der Waals surface area (Å²) in [4.78, 5) is 27.9. The van der Waals surface area contributed by atoms with Gasteiger partial charge in [-0.3, -0.25) is 14.5 Å². The molecule has 1 saturated heterocycles. The monoisotopic (exact) mass is 459 g/mol. The first-order valence-electron chi connectivity index (χ1n) is 10.8. The van der Waals surface area contributed by atoms with Crippen LogP contribution in [0.5, 0.6) is 17.2 Å². The Bertz CT molecular complexity index is 1230. The number of aliphatic hydroxyl groups is 1. The van der Waals surface area contributed by atoms with Gasteiger partial charge in [0, 0.05) is 11.3 Å². The smallest absolute Gasteiger partial charge is 0.300 e. The van der Waals surface area contributed by atoms with E-state index in [1.165, 1.54) is 12.0 Å². The number of carbonyl (C=O) groups is 2. The molecule has 1 aliphatic rings. The topological polar surface area (TPSA) is 85.3 Å². The number of ether oxygens (including phenoxy) is 3. The van der Waals surface area contributed by atoms with Crippen molar-refractivity contribution in [3.05, 3.63) is 89.5 Å². The van der Waals surface area contributed by atoms with Gasteiger partial charge >= 0.3 is 0 Å². The van der Waals surface area contributed by atoms with E-state index in [1.807, 2.05) is 13.0 Å². The zero-order valence-electron chi connectivity index (χ0n) is 19.1.